The second-order valence-corrected chi connectivity index (χ2v) is 5.01. The van der Waals surface area contributed by atoms with Crippen LogP contribution in [0.15, 0.2) is 0 Å². The molecule has 0 bridgehead atoms. The molecule has 0 aromatic heterocycles. The van der Waals surface area contributed by atoms with E-state index in [1.165, 1.54) is 19.3 Å². The van der Waals surface area contributed by atoms with Crippen molar-refractivity contribution in [3.8, 4) is 0 Å². The highest BCUT2D eigenvalue weighted by Gasteiger charge is 2.25. The van der Waals surface area contributed by atoms with Gasteiger partial charge in [0.15, 0.2) is 0 Å². The van der Waals surface area contributed by atoms with Gasteiger partial charge >= 0.3 is 0 Å². The molecule has 2 aliphatic carbocycles. The van der Waals surface area contributed by atoms with E-state index in [0.717, 1.165) is 25.8 Å². The fraction of sp³-hybridized carbons (Fsp3) is 1.00. The van der Waals surface area contributed by atoms with Gasteiger partial charge in [0.1, 0.15) is 0 Å². The minimum Gasteiger partial charge on any atom is -0.393 e. The third-order valence-electron chi connectivity index (χ3n) is 3.68. The van der Waals surface area contributed by atoms with Crippen molar-refractivity contribution in [3.63, 3.8) is 0 Å². The summed E-state index contributed by atoms with van der Waals surface area (Å²) < 4.78 is 0. The summed E-state index contributed by atoms with van der Waals surface area (Å²) in [4.78, 5) is 0. The topological polar surface area (TPSA) is 58.3 Å². The first kappa shape index (κ1) is 10.4. The minimum absolute atomic E-state index is 0.0346. The molecule has 0 saturated heterocycles. The summed E-state index contributed by atoms with van der Waals surface area (Å²) in [7, 11) is 0. The molecule has 3 nitrogen and oxygen atoms in total. The van der Waals surface area contributed by atoms with Gasteiger partial charge < -0.3 is 16.2 Å². The standard InChI is InChI=1S/C11H22N2O/c12-9-2-3-10(6-9)13-7-8-1-4-11(14)5-8/h8-11,13-14H,1-7,12H2. The average Bonchev–Trinajstić information content (AvgIpc) is 2.72. The maximum absolute atomic E-state index is 9.39. The Kier molecular flexibility index (Phi) is 3.42. The Morgan fingerprint density at radius 3 is 2.57 bits per heavy atom. The Morgan fingerprint density at radius 1 is 1.14 bits per heavy atom. The Labute approximate surface area is 86.1 Å². The third kappa shape index (κ3) is 2.69. The zero-order chi connectivity index (χ0) is 9.97. The van der Waals surface area contributed by atoms with Crippen molar-refractivity contribution < 1.29 is 5.11 Å². The van der Waals surface area contributed by atoms with Crippen LogP contribution in [0.5, 0.6) is 0 Å². The lowest BCUT2D eigenvalue weighted by atomic mass is 10.1. The molecule has 3 heteroatoms. The summed E-state index contributed by atoms with van der Waals surface area (Å²) in [5, 5.41) is 13.0. The molecule has 0 amide bonds. The van der Waals surface area contributed by atoms with Gasteiger partial charge in [-0.15, -0.1) is 0 Å². The predicted molar refractivity (Wildman–Crippen MR) is 57.0 cm³/mol. The van der Waals surface area contributed by atoms with Crippen LogP contribution < -0.4 is 11.1 Å². The van der Waals surface area contributed by atoms with Gasteiger partial charge in [-0.1, -0.05) is 0 Å². The Balaban J connectivity index is 1.63. The maximum atomic E-state index is 9.39. The second kappa shape index (κ2) is 4.60. The molecule has 0 aromatic rings. The van der Waals surface area contributed by atoms with Gasteiger partial charge in [-0.2, -0.15) is 0 Å². The van der Waals surface area contributed by atoms with Crippen molar-refractivity contribution in [1.29, 1.82) is 0 Å². The fourth-order valence-corrected chi connectivity index (χ4v) is 2.77. The molecule has 82 valence electrons. The third-order valence-corrected chi connectivity index (χ3v) is 3.68. The molecule has 2 saturated carbocycles. The first-order valence-corrected chi connectivity index (χ1v) is 5.91. The van der Waals surface area contributed by atoms with Crippen LogP contribution in [-0.4, -0.2) is 29.8 Å². The number of aliphatic hydroxyl groups excluding tert-OH is 1. The number of aliphatic hydroxyl groups is 1. The lowest BCUT2D eigenvalue weighted by molar-refractivity contribution is 0.177. The molecule has 0 radical (unpaired) electrons. The molecular formula is C11H22N2O. The molecule has 14 heavy (non-hydrogen) atoms. The van der Waals surface area contributed by atoms with Crippen LogP contribution in [0, 0.1) is 5.92 Å². The van der Waals surface area contributed by atoms with Crippen molar-refractivity contribution in [2.45, 2.75) is 56.7 Å². The van der Waals surface area contributed by atoms with Gasteiger partial charge in [-0.25, -0.2) is 0 Å². The van der Waals surface area contributed by atoms with Gasteiger partial charge in [-0.3, -0.25) is 0 Å². The number of hydrogen-bond donors (Lipinski definition) is 3. The van der Waals surface area contributed by atoms with E-state index in [9.17, 15) is 5.11 Å². The molecule has 0 aromatic carbocycles. The molecule has 4 atom stereocenters. The van der Waals surface area contributed by atoms with Gasteiger partial charge in [0.25, 0.3) is 0 Å². The first-order chi connectivity index (χ1) is 6.74. The predicted octanol–water partition coefficient (Wildman–Crippen LogP) is 0.617. The quantitative estimate of drug-likeness (QED) is 0.623. The van der Waals surface area contributed by atoms with E-state index in [-0.39, 0.29) is 6.10 Å². The van der Waals surface area contributed by atoms with Crippen molar-refractivity contribution >= 4 is 0 Å². The summed E-state index contributed by atoms with van der Waals surface area (Å²) in [6.45, 7) is 1.08. The van der Waals surface area contributed by atoms with E-state index in [0.29, 0.717) is 18.0 Å². The van der Waals surface area contributed by atoms with Crippen LogP contribution in [0.1, 0.15) is 38.5 Å². The smallest absolute Gasteiger partial charge is 0.0543 e. The van der Waals surface area contributed by atoms with Gasteiger partial charge in [0.05, 0.1) is 6.10 Å². The highest BCUT2D eigenvalue weighted by molar-refractivity contribution is 4.84. The van der Waals surface area contributed by atoms with E-state index >= 15 is 0 Å². The number of hydrogen-bond acceptors (Lipinski definition) is 3. The highest BCUT2D eigenvalue weighted by Crippen LogP contribution is 2.25. The first-order valence-electron chi connectivity index (χ1n) is 5.91. The van der Waals surface area contributed by atoms with Crippen molar-refractivity contribution in [3.05, 3.63) is 0 Å². The molecule has 4 unspecified atom stereocenters. The molecular weight excluding hydrogens is 176 g/mol. The normalized spacial score (nSPS) is 43.3. The highest BCUT2D eigenvalue weighted by atomic mass is 16.3. The SMILES string of the molecule is NC1CCC(NCC2CCC(O)C2)C1. The lowest BCUT2D eigenvalue weighted by Gasteiger charge is -2.16. The van der Waals surface area contributed by atoms with E-state index in [1.807, 2.05) is 0 Å². The van der Waals surface area contributed by atoms with Crippen molar-refractivity contribution in [2.24, 2.45) is 11.7 Å². The van der Waals surface area contributed by atoms with Crippen LogP contribution in [-0.2, 0) is 0 Å². The zero-order valence-corrected chi connectivity index (χ0v) is 8.78. The maximum Gasteiger partial charge on any atom is 0.0543 e. The Morgan fingerprint density at radius 2 is 2.00 bits per heavy atom. The van der Waals surface area contributed by atoms with Crippen LogP contribution in [0.2, 0.25) is 0 Å². The van der Waals surface area contributed by atoms with Crippen LogP contribution in [0.3, 0.4) is 0 Å². The zero-order valence-electron chi connectivity index (χ0n) is 8.78. The van der Waals surface area contributed by atoms with E-state index in [1.54, 1.807) is 0 Å². The summed E-state index contributed by atoms with van der Waals surface area (Å²) in [6.07, 6.45) is 6.68. The largest absolute Gasteiger partial charge is 0.393 e. The van der Waals surface area contributed by atoms with Crippen LogP contribution >= 0.6 is 0 Å². The van der Waals surface area contributed by atoms with Crippen LogP contribution in [0.25, 0.3) is 0 Å². The summed E-state index contributed by atoms with van der Waals surface area (Å²) >= 11 is 0. The molecule has 4 N–H and O–H groups in total. The van der Waals surface area contributed by atoms with Gasteiger partial charge in [0.2, 0.25) is 0 Å². The fourth-order valence-electron chi connectivity index (χ4n) is 2.77. The number of nitrogens with two attached hydrogens (primary N) is 1. The monoisotopic (exact) mass is 198 g/mol. The Bertz CT molecular complexity index is 166. The van der Waals surface area contributed by atoms with E-state index in [4.69, 9.17) is 5.73 Å². The number of nitrogens with one attached hydrogen (secondary N) is 1. The number of rotatable bonds is 3. The molecule has 2 aliphatic rings. The van der Waals surface area contributed by atoms with E-state index < -0.39 is 0 Å². The van der Waals surface area contributed by atoms with Crippen molar-refractivity contribution in [1.82, 2.24) is 5.32 Å². The molecule has 2 fully saturated rings. The van der Waals surface area contributed by atoms with E-state index in [2.05, 4.69) is 5.32 Å². The van der Waals surface area contributed by atoms with Crippen molar-refractivity contribution in [2.75, 3.05) is 6.54 Å². The van der Waals surface area contributed by atoms with Gasteiger partial charge in [0, 0.05) is 12.1 Å². The van der Waals surface area contributed by atoms with Gasteiger partial charge in [-0.05, 0) is 51.0 Å². The summed E-state index contributed by atoms with van der Waals surface area (Å²) in [5.74, 6) is 0.696. The molecule has 2 rings (SSSR count). The average molecular weight is 198 g/mol. The molecule has 0 heterocycles. The Hall–Kier alpha value is -0.120. The second-order valence-electron chi connectivity index (χ2n) is 5.01. The summed E-state index contributed by atoms with van der Waals surface area (Å²) in [5.41, 5.74) is 5.85. The molecule has 0 aliphatic heterocycles. The van der Waals surface area contributed by atoms with Crippen LogP contribution in [0.4, 0.5) is 0 Å². The lowest BCUT2D eigenvalue weighted by Crippen LogP contribution is -2.32. The summed E-state index contributed by atoms with van der Waals surface area (Å²) in [6, 6.07) is 1.06. The minimum atomic E-state index is -0.0346. The molecule has 0 spiro atoms.